The van der Waals surface area contributed by atoms with Crippen molar-refractivity contribution in [1.29, 1.82) is 0 Å². The fraction of sp³-hybridized carbons (Fsp3) is 1.00. The van der Waals surface area contributed by atoms with Gasteiger partial charge in [-0.1, -0.05) is 13.8 Å². The Balaban J connectivity index is 2.84. The highest BCUT2D eigenvalue weighted by atomic mass is 32.2. The lowest BCUT2D eigenvalue weighted by Crippen LogP contribution is -2.22. The minimum absolute atomic E-state index is 0.813. The predicted molar refractivity (Wildman–Crippen MR) is 61.5 cm³/mol. The molecule has 0 atom stereocenters. The predicted octanol–water partition coefficient (Wildman–Crippen LogP) is 2.00. The molecule has 0 rings (SSSR count). The molecule has 0 spiro atoms. The summed E-state index contributed by atoms with van der Waals surface area (Å²) in [6, 6.07) is 0. The summed E-state index contributed by atoms with van der Waals surface area (Å²) in [6.45, 7) is 10.3. The normalized spacial score (nSPS) is 11.1. The van der Waals surface area contributed by atoms with Crippen LogP contribution in [-0.4, -0.2) is 37.8 Å². The molecule has 0 amide bonds. The molecule has 2 nitrogen and oxygen atoms in total. The molecule has 80 valence electrons. The van der Waals surface area contributed by atoms with E-state index in [4.69, 9.17) is 4.74 Å². The molecule has 0 saturated carbocycles. The molecule has 0 radical (unpaired) electrons. The van der Waals surface area contributed by atoms with Gasteiger partial charge in [-0.2, -0.15) is 11.8 Å². The number of hydrogen-bond acceptors (Lipinski definition) is 3. The van der Waals surface area contributed by atoms with Crippen molar-refractivity contribution in [2.24, 2.45) is 5.92 Å². The summed E-state index contributed by atoms with van der Waals surface area (Å²) < 4.78 is 5.21. The summed E-state index contributed by atoms with van der Waals surface area (Å²) in [4.78, 5) is 0. The van der Waals surface area contributed by atoms with Crippen molar-refractivity contribution in [3.05, 3.63) is 0 Å². The lowest BCUT2D eigenvalue weighted by molar-refractivity contribution is 0.150. The van der Waals surface area contributed by atoms with Crippen LogP contribution in [0, 0.1) is 5.92 Å². The zero-order chi connectivity index (χ0) is 9.94. The first-order valence-corrected chi connectivity index (χ1v) is 6.29. The molecular formula is C10H23NOS. The van der Waals surface area contributed by atoms with E-state index >= 15 is 0 Å². The highest BCUT2D eigenvalue weighted by Crippen LogP contribution is 2.05. The second-order valence-electron chi connectivity index (χ2n) is 3.42. The number of hydrogen-bond donors (Lipinski definition) is 1. The van der Waals surface area contributed by atoms with E-state index < -0.39 is 0 Å². The van der Waals surface area contributed by atoms with E-state index in [9.17, 15) is 0 Å². The molecule has 0 fully saturated rings. The molecule has 13 heavy (non-hydrogen) atoms. The number of ether oxygens (including phenoxy) is 1. The summed E-state index contributed by atoms with van der Waals surface area (Å²) in [5.74, 6) is 3.30. The Hall–Kier alpha value is 0.270. The minimum atomic E-state index is 0.813. The molecule has 0 aliphatic rings. The summed E-state index contributed by atoms with van der Waals surface area (Å²) in [5, 5.41) is 3.35. The number of thioether (sulfide) groups is 1. The van der Waals surface area contributed by atoms with Crippen LogP contribution in [0.15, 0.2) is 0 Å². The van der Waals surface area contributed by atoms with Gasteiger partial charge in [0.15, 0.2) is 0 Å². The number of nitrogens with one attached hydrogen (secondary N) is 1. The van der Waals surface area contributed by atoms with Gasteiger partial charge in [0.1, 0.15) is 0 Å². The van der Waals surface area contributed by atoms with Crippen LogP contribution in [0.4, 0.5) is 0 Å². The van der Waals surface area contributed by atoms with Crippen molar-refractivity contribution >= 4 is 11.8 Å². The standard InChI is InChI=1S/C10H23NOS/c1-4-12-7-5-11-6-8-13-9-10(2)3/h10-11H,4-9H2,1-3H3. The van der Waals surface area contributed by atoms with Gasteiger partial charge in [-0.05, 0) is 18.6 Å². The van der Waals surface area contributed by atoms with Gasteiger partial charge in [-0.25, -0.2) is 0 Å². The second kappa shape index (κ2) is 10.4. The van der Waals surface area contributed by atoms with Crippen LogP contribution in [0.5, 0.6) is 0 Å². The quantitative estimate of drug-likeness (QED) is 0.582. The topological polar surface area (TPSA) is 21.3 Å². The van der Waals surface area contributed by atoms with E-state index in [0.29, 0.717) is 0 Å². The molecule has 0 aromatic rings. The fourth-order valence-electron chi connectivity index (χ4n) is 0.877. The van der Waals surface area contributed by atoms with Crippen molar-refractivity contribution in [3.8, 4) is 0 Å². The third kappa shape index (κ3) is 12.3. The van der Waals surface area contributed by atoms with Crippen molar-refractivity contribution in [1.82, 2.24) is 5.32 Å². The molecule has 0 aromatic carbocycles. The summed E-state index contributed by atoms with van der Waals surface area (Å²) in [6.07, 6.45) is 0. The zero-order valence-corrected chi connectivity index (χ0v) is 9.95. The van der Waals surface area contributed by atoms with Crippen LogP contribution in [-0.2, 0) is 4.74 Å². The van der Waals surface area contributed by atoms with Crippen LogP contribution in [0.25, 0.3) is 0 Å². The zero-order valence-electron chi connectivity index (χ0n) is 9.14. The van der Waals surface area contributed by atoms with Gasteiger partial charge in [0.2, 0.25) is 0 Å². The Bertz CT molecular complexity index is 98.9. The van der Waals surface area contributed by atoms with Gasteiger partial charge in [-0.15, -0.1) is 0 Å². The number of rotatable bonds is 9. The first-order chi connectivity index (χ1) is 6.27. The molecule has 0 unspecified atom stereocenters. The molecule has 0 aromatic heterocycles. The van der Waals surface area contributed by atoms with E-state index in [2.05, 4.69) is 19.2 Å². The summed E-state index contributed by atoms with van der Waals surface area (Å²) >= 11 is 2.02. The Labute approximate surface area is 86.8 Å². The Kier molecular flexibility index (Phi) is 10.6. The third-order valence-corrected chi connectivity index (χ3v) is 2.90. The SMILES string of the molecule is CCOCCNCCSCC(C)C. The van der Waals surface area contributed by atoms with Crippen LogP contribution < -0.4 is 5.32 Å². The van der Waals surface area contributed by atoms with E-state index in [-0.39, 0.29) is 0 Å². The van der Waals surface area contributed by atoms with E-state index in [1.807, 2.05) is 18.7 Å². The van der Waals surface area contributed by atoms with Crippen molar-refractivity contribution < 1.29 is 4.74 Å². The van der Waals surface area contributed by atoms with Gasteiger partial charge in [0.25, 0.3) is 0 Å². The molecule has 0 bridgehead atoms. The molecular weight excluding hydrogens is 182 g/mol. The van der Waals surface area contributed by atoms with E-state index in [1.165, 1.54) is 11.5 Å². The largest absolute Gasteiger partial charge is 0.380 e. The van der Waals surface area contributed by atoms with Crippen LogP contribution in [0.2, 0.25) is 0 Å². The molecule has 0 aliphatic heterocycles. The first kappa shape index (κ1) is 13.3. The molecule has 0 heterocycles. The minimum Gasteiger partial charge on any atom is -0.380 e. The Morgan fingerprint density at radius 3 is 2.69 bits per heavy atom. The molecule has 0 aliphatic carbocycles. The lowest BCUT2D eigenvalue weighted by atomic mass is 10.3. The van der Waals surface area contributed by atoms with Crippen molar-refractivity contribution in [2.75, 3.05) is 37.8 Å². The monoisotopic (exact) mass is 205 g/mol. The van der Waals surface area contributed by atoms with Gasteiger partial charge in [0, 0.05) is 25.4 Å². The van der Waals surface area contributed by atoms with Crippen LogP contribution in [0.3, 0.4) is 0 Å². The average Bonchev–Trinajstić information content (AvgIpc) is 2.09. The Morgan fingerprint density at radius 2 is 2.08 bits per heavy atom. The van der Waals surface area contributed by atoms with Gasteiger partial charge >= 0.3 is 0 Å². The summed E-state index contributed by atoms with van der Waals surface area (Å²) in [7, 11) is 0. The van der Waals surface area contributed by atoms with Gasteiger partial charge in [-0.3, -0.25) is 0 Å². The highest BCUT2D eigenvalue weighted by molar-refractivity contribution is 7.99. The lowest BCUT2D eigenvalue weighted by Gasteiger charge is -2.06. The fourth-order valence-corrected chi connectivity index (χ4v) is 1.80. The third-order valence-electron chi connectivity index (χ3n) is 1.50. The maximum atomic E-state index is 5.21. The van der Waals surface area contributed by atoms with Crippen molar-refractivity contribution in [3.63, 3.8) is 0 Å². The van der Waals surface area contributed by atoms with Gasteiger partial charge in [0.05, 0.1) is 6.61 Å². The second-order valence-corrected chi connectivity index (χ2v) is 4.57. The average molecular weight is 205 g/mol. The van der Waals surface area contributed by atoms with Crippen LogP contribution in [0.1, 0.15) is 20.8 Å². The molecule has 3 heteroatoms. The maximum Gasteiger partial charge on any atom is 0.0590 e. The first-order valence-electron chi connectivity index (χ1n) is 5.13. The molecule has 0 saturated heterocycles. The van der Waals surface area contributed by atoms with Gasteiger partial charge < -0.3 is 10.1 Å². The van der Waals surface area contributed by atoms with Crippen LogP contribution >= 0.6 is 11.8 Å². The van der Waals surface area contributed by atoms with E-state index in [0.717, 1.165) is 32.2 Å². The molecule has 1 N–H and O–H groups in total. The smallest absolute Gasteiger partial charge is 0.0590 e. The van der Waals surface area contributed by atoms with Crippen molar-refractivity contribution in [2.45, 2.75) is 20.8 Å². The summed E-state index contributed by atoms with van der Waals surface area (Å²) in [5.41, 5.74) is 0. The highest BCUT2D eigenvalue weighted by Gasteiger charge is 1.93. The Morgan fingerprint density at radius 1 is 1.31 bits per heavy atom. The van der Waals surface area contributed by atoms with E-state index in [1.54, 1.807) is 0 Å². The maximum absolute atomic E-state index is 5.21.